The highest BCUT2D eigenvalue weighted by atomic mass is 19.1. The maximum Gasteiger partial charge on any atom is 0.242 e. The standard InChI is InChI=1S/C27H22FN5O/c1-18-7-6-12-25(31-18)27-22(20-13-14-29-24-11-5-3-9-21(20)24)16-33(32-27)17-26(34)30-15-19-8-2-4-10-23(19)28/h2-14,16H,15,17H2,1H3,(H,30,34). The minimum absolute atomic E-state index is 0.00369. The first-order chi connectivity index (χ1) is 16.6. The Hall–Kier alpha value is -4.39. The Morgan fingerprint density at radius 2 is 1.79 bits per heavy atom. The van der Waals surface area contributed by atoms with Gasteiger partial charge in [-0.05, 0) is 42.8 Å². The molecule has 0 aliphatic heterocycles. The van der Waals surface area contributed by atoms with Gasteiger partial charge in [0.15, 0.2) is 0 Å². The molecule has 2 aromatic carbocycles. The number of benzene rings is 2. The van der Waals surface area contributed by atoms with Crippen molar-refractivity contribution in [3.8, 4) is 22.5 Å². The van der Waals surface area contributed by atoms with Crippen molar-refractivity contribution in [2.45, 2.75) is 20.0 Å². The number of carbonyl (C=O) groups is 1. The number of carbonyl (C=O) groups excluding carboxylic acids is 1. The number of rotatable bonds is 6. The molecule has 34 heavy (non-hydrogen) atoms. The first-order valence-corrected chi connectivity index (χ1v) is 10.9. The average Bonchev–Trinajstić information content (AvgIpc) is 3.26. The highest BCUT2D eigenvalue weighted by Gasteiger charge is 2.18. The zero-order valence-corrected chi connectivity index (χ0v) is 18.6. The molecule has 0 bridgehead atoms. The van der Waals surface area contributed by atoms with Crippen LogP contribution in [0.2, 0.25) is 0 Å². The van der Waals surface area contributed by atoms with Gasteiger partial charge in [-0.25, -0.2) is 4.39 Å². The average molecular weight is 452 g/mol. The molecule has 0 unspecified atom stereocenters. The molecule has 3 aromatic heterocycles. The third kappa shape index (κ3) is 4.41. The summed E-state index contributed by atoms with van der Waals surface area (Å²) in [6, 6.07) is 22.0. The van der Waals surface area contributed by atoms with E-state index in [2.05, 4.69) is 15.3 Å². The number of hydrogen-bond acceptors (Lipinski definition) is 4. The molecule has 0 fully saturated rings. The second-order valence-electron chi connectivity index (χ2n) is 8.00. The molecule has 0 aliphatic carbocycles. The fourth-order valence-electron chi connectivity index (χ4n) is 3.93. The number of aryl methyl sites for hydroxylation is 1. The molecule has 1 N–H and O–H groups in total. The summed E-state index contributed by atoms with van der Waals surface area (Å²) >= 11 is 0. The summed E-state index contributed by atoms with van der Waals surface area (Å²) in [4.78, 5) is 21.8. The number of para-hydroxylation sites is 1. The van der Waals surface area contributed by atoms with E-state index >= 15 is 0 Å². The SMILES string of the molecule is Cc1cccc(-c2nn(CC(=O)NCc3ccccc3F)cc2-c2ccnc3ccccc23)n1. The van der Waals surface area contributed by atoms with Gasteiger partial charge in [-0.15, -0.1) is 0 Å². The van der Waals surface area contributed by atoms with Gasteiger partial charge in [0.2, 0.25) is 5.91 Å². The molecular weight excluding hydrogens is 429 g/mol. The van der Waals surface area contributed by atoms with E-state index in [9.17, 15) is 9.18 Å². The van der Waals surface area contributed by atoms with Crippen molar-refractivity contribution in [1.29, 1.82) is 0 Å². The van der Waals surface area contributed by atoms with Crippen LogP contribution in [0.3, 0.4) is 0 Å². The number of hydrogen-bond donors (Lipinski definition) is 1. The van der Waals surface area contributed by atoms with Crippen molar-refractivity contribution < 1.29 is 9.18 Å². The Morgan fingerprint density at radius 1 is 0.971 bits per heavy atom. The quantitative estimate of drug-likeness (QED) is 0.398. The van der Waals surface area contributed by atoms with Gasteiger partial charge < -0.3 is 5.32 Å². The van der Waals surface area contributed by atoms with Crippen LogP contribution in [0.1, 0.15) is 11.3 Å². The molecule has 0 saturated carbocycles. The highest BCUT2D eigenvalue weighted by molar-refractivity contribution is 5.97. The number of pyridine rings is 2. The molecule has 168 valence electrons. The Bertz CT molecular complexity index is 1490. The topological polar surface area (TPSA) is 72.7 Å². The lowest BCUT2D eigenvalue weighted by atomic mass is 10.0. The predicted molar refractivity (Wildman–Crippen MR) is 129 cm³/mol. The van der Waals surface area contributed by atoms with E-state index < -0.39 is 0 Å². The molecule has 3 heterocycles. The Morgan fingerprint density at radius 3 is 2.65 bits per heavy atom. The van der Waals surface area contributed by atoms with Crippen LogP contribution in [0.25, 0.3) is 33.4 Å². The van der Waals surface area contributed by atoms with Gasteiger partial charge in [-0.3, -0.25) is 19.4 Å². The van der Waals surface area contributed by atoms with Crippen molar-refractivity contribution >= 4 is 16.8 Å². The van der Waals surface area contributed by atoms with E-state index in [1.807, 2.05) is 61.7 Å². The number of amides is 1. The van der Waals surface area contributed by atoms with Gasteiger partial charge in [0, 0.05) is 41.1 Å². The van der Waals surface area contributed by atoms with Crippen LogP contribution in [0.5, 0.6) is 0 Å². The number of nitrogens with one attached hydrogen (secondary N) is 1. The summed E-state index contributed by atoms with van der Waals surface area (Å²) in [7, 11) is 0. The van der Waals surface area contributed by atoms with Crippen LogP contribution in [0.15, 0.2) is 85.2 Å². The molecular formula is C27H22FN5O. The summed E-state index contributed by atoms with van der Waals surface area (Å²) < 4.78 is 15.5. The van der Waals surface area contributed by atoms with Crippen molar-refractivity contribution in [3.05, 3.63) is 102 Å². The smallest absolute Gasteiger partial charge is 0.242 e. The molecule has 1 amide bonds. The van der Waals surface area contributed by atoms with Crippen molar-refractivity contribution in [2.75, 3.05) is 0 Å². The number of nitrogens with zero attached hydrogens (tertiary/aromatic N) is 4. The Balaban J connectivity index is 1.49. The highest BCUT2D eigenvalue weighted by Crippen LogP contribution is 2.34. The maximum atomic E-state index is 13.9. The molecule has 7 heteroatoms. The van der Waals surface area contributed by atoms with Crippen LogP contribution < -0.4 is 5.32 Å². The number of fused-ring (bicyclic) bond motifs is 1. The van der Waals surface area contributed by atoms with Gasteiger partial charge in [0.25, 0.3) is 0 Å². The predicted octanol–water partition coefficient (Wildman–Crippen LogP) is 4.92. The lowest BCUT2D eigenvalue weighted by Gasteiger charge is -2.06. The number of aromatic nitrogens is 4. The zero-order valence-electron chi connectivity index (χ0n) is 18.6. The van der Waals surface area contributed by atoms with E-state index in [1.54, 1.807) is 29.1 Å². The van der Waals surface area contributed by atoms with Gasteiger partial charge >= 0.3 is 0 Å². The molecule has 5 aromatic rings. The minimum Gasteiger partial charge on any atom is -0.350 e. The van der Waals surface area contributed by atoms with Crippen LogP contribution in [-0.4, -0.2) is 25.7 Å². The van der Waals surface area contributed by atoms with Crippen LogP contribution >= 0.6 is 0 Å². The van der Waals surface area contributed by atoms with Crippen molar-refractivity contribution in [3.63, 3.8) is 0 Å². The molecule has 0 saturated heterocycles. The van der Waals surface area contributed by atoms with Crippen LogP contribution in [0.4, 0.5) is 4.39 Å². The van der Waals surface area contributed by atoms with E-state index in [1.165, 1.54) is 6.07 Å². The van der Waals surface area contributed by atoms with Gasteiger partial charge in [-0.2, -0.15) is 5.10 Å². The van der Waals surface area contributed by atoms with Gasteiger partial charge in [-0.1, -0.05) is 42.5 Å². The summed E-state index contributed by atoms with van der Waals surface area (Å²) in [5.74, 6) is -0.609. The fraction of sp³-hybridized carbons (Fsp3) is 0.111. The van der Waals surface area contributed by atoms with E-state index in [-0.39, 0.29) is 24.8 Å². The van der Waals surface area contributed by atoms with Crippen LogP contribution in [0, 0.1) is 12.7 Å². The summed E-state index contributed by atoms with van der Waals surface area (Å²) in [5, 5.41) is 8.47. The van der Waals surface area contributed by atoms with Gasteiger partial charge in [0.05, 0.1) is 11.2 Å². The molecule has 0 atom stereocenters. The molecule has 0 radical (unpaired) electrons. The molecule has 0 aliphatic rings. The lowest BCUT2D eigenvalue weighted by molar-refractivity contribution is -0.122. The largest absolute Gasteiger partial charge is 0.350 e. The second kappa shape index (κ2) is 9.23. The van der Waals surface area contributed by atoms with Crippen molar-refractivity contribution in [2.24, 2.45) is 0 Å². The normalized spacial score (nSPS) is 11.0. The summed E-state index contributed by atoms with van der Waals surface area (Å²) in [6.07, 6.45) is 3.62. The fourth-order valence-corrected chi connectivity index (χ4v) is 3.93. The van der Waals surface area contributed by atoms with Crippen LogP contribution in [-0.2, 0) is 17.9 Å². The van der Waals surface area contributed by atoms with Crippen molar-refractivity contribution in [1.82, 2.24) is 25.1 Å². The first-order valence-electron chi connectivity index (χ1n) is 10.9. The minimum atomic E-state index is -0.346. The molecule has 5 rings (SSSR count). The molecule has 6 nitrogen and oxygen atoms in total. The van der Waals surface area contributed by atoms with E-state index in [4.69, 9.17) is 5.10 Å². The number of halogens is 1. The lowest BCUT2D eigenvalue weighted by Crippen LogP contribution is -2.27. The van der Waals surface area contributed by atoms with E-state index in [0.717, 1.165) is 33.4 Å². The second-order valence-corrected chi connectivity index (χ2v) is 8.00. The zero-order chi connectivity index (χ0) is 23.5. The Kier molecular flexibility index (Phi) is 5.82. The maximum absolute atomic E-state index is 13.9. The summed E-state index contributed by atoms with van der Waals surface area (Å²) in [6.45, 7) is 2.04. The Labute approximate surface area is 196 Å². The van der Waals surface area contributed by atoms with E-state index in [0.29, 0.717) is 11.3 Å². The first kappa shape index (κ1) is 21.5. The molecule has 0 spiro atoms. The third-order valence-corrected chi connectivity index (χ3v) is 5.57. The van der Waals surface area contributed by atoms with Gasteiger partial charge in [0.1, 0.15) is 18.1 Å². The summed E-state index contributed by atoms with van der Waals surface area (Å²) in [5.41, 5.74) is 5.41. The monoisotopic (exact) mass is 451 g/mol. The third-order valence-electron chi connectivity index (χ3n) is 5.57.